The molecule has 0 amide bonds. The number of alkyl halides is 2. The van der Waals surface area contributed by atoms with E-state index >= 15 is 0 Å². The summed E-state index contributed by atoms with van der Waals surface area (Å²) in [6.45, 7) is -0.746. The van der Waals surface area contributed by atoms with E-state index in [1.54, 1.807) is 4.72 Å². The van der Waals surface area contributed by atoms with Gasteiger partial charge >= 0.3 is 0 Å². The minimum Gasteiger partial charge on any atom is -0.310 e. The molecule has 0 atom stereocenters. The maximum atomic E-state index is 13.6. The standard InChI is InChI=1S/C12H15F3N2O2S/c13-11-4-3-10(20(18,19)17-7-12(14)15)5-8(11)6-16-9-1-2-9/h3-5,9,12,16-17H,1-2,6-7H2. The first-order valence-corrected chi connectivity index (χ1v) is 7.66. The molecule has 1 fully saturated rings. The van der Waals surface area contributed by atoms with Crippen LogP contribution in [-0.2, 0) is 16.6 Å². The Kier molecular flexibility index (Phi) is 4.66. The van der Waals surface area contributed by atoms with Crippen LogP contribution in [0.2, 0.25) is 0 Å². The fraction of sp³-hybridized carbons (Fsp3) is 0.500. The molecule has 112 valence electrons. The van der Waals surface area contributed by atoms with Crippen LogP contribution < -0.4 is 10.0 Å². The van der Waals surface area contributed by atoms with E-state index in [1.807, 2.05) is 0 Å². The van der Waals surface area contributed by atoms with Crippen LogP contribution in [0.1, 0.15) is 18.4 Å². The van der Waals surface area contributed by atoms with Crippen LogP contribution in [-0.4, -0.2) is 27.4 Å². The van der Waals surface area contributed by atoms with Crippen LogP contribution in [0.15, 0.2) is 23.1 Å². The minimum atomic E-state index is -4.04. The molecule has 0 heterocycles. The van der Waals surface area contributed by atoms with Gasteiger partial charge in [0.15, 0.2) is 0 Å². The van der Waals surface area contributed by atoms with E-state index in [0.29, 0.717) is 6.04 Å². The molecule has 2 N–H and O–H groups in total. The summed E-state index contributed by atoms with van der Waals surface area (Å²) in [4.78, 5) is -0.216. The van der Waals surface area contributed by atoms with Crippen molar-refractivity contribution in [2.75, 3.05) is 6.54 Å². The highest BCUT2D eigenvalue weighted by Crippen LogP contribution is 2.21. The van der Waals surface area contributed by atoms with Gasteiger partial charge in [-0.05, 0) is 31.0 Å². The first kappa shape index (κ1) is 15.3. The third kappa shape index (κ3) is 4.19. The second-order valence-electron chi connectivity index (χ2n) is 4.65. The molecule has 0 radical (unpaired) electrons. The maximum absolute atomic E-state index is 13.6. The van der Waals surface area contributed by atoms with E-state index in [2.05, 4.69) is 5.32 Å². The van der Waals surface area contributed by atoms with E-state index in [-0.39, 0.29) is 17.0 Å². The van der Waals surface area contributed by atoms with Crippen molar-refractivity contribution >= 4 is 10.0 Å². The van der Waals surface area contributed by atoms with E-state index in [1.165, 1.54) is 6.07 Å². The zero-order valence-corrected chi connectivity index (χ0v) is 11.4. The van der Waals surface area contributed by atoms with Crippen LogP contribution in [0.3, 0.4) is 0 Å². The highest BCUT2D eigenvalue weighted by molar-refractivity contribution is 7.89. The summed E-state index contributed by atoms with van der Waals surface area (Å²) in [5.41, 5.74) is 0.205. The smallest absolute Gasteiger partial charge is 0.251 e. The molecule has 0 unspecified atom stereocenters. The Morgan fingerprint density at radius 1 is 1.30 bits per heavy atom. The lowest BCUT2D eigenvalue weighted by Gasteiger charge is -2.09. The molecule has 8 heteroatoms. The van der Waals surface area contributed by atoms with Crippen molar-refractivity contribution in [2.45, 2.75) is 36.7 Å². The first-order chi connectivity index (χ1) is 9.38. The van der Waals surface area contributed by atoms with E-state index in [4.69, 9.17) is 0 Å². The van der Waals surface area contributed by atoms with Crippen LogP contribution in [0, 0.1) is 5.82 Å². The summed E-state index contributed by atoms with van der Waals surface area (Å²) in [5.74, 6) is -0.522. The average molecular weight is 308 g/mol. The van der Waals surface area contributed by atoms with Crippen LogP contribution in [0.25, 0.3) is 0 Å². The van der Waals surface area contributed by atoms with Crippen LogP contribution >= 0.6 is 0 Å². The van der Waals surface area contributed by atoms with Crippen molar-refractivity contribution in [3.05, 3.63) is 29.6 Å². The zero-order valence-electron chi connectivity index (χ0n) is 10.6. The fourth-order valence-corrected chi connectivity index (χ4v) is 2.71. The molecule has 1 aliphatic rings. The predicted molar refractivity (Wildman–Crippen MR) is 67.5 cm³/mol. The maximum Gasteiger partial charge on any atom is 0.251 e. The monoisotopic (exact) mass is 308 g/mol. The molecule has 4 nitrogen and oxygen atoms in total. The molecular weight excluding hydrogens is 293 g/mol. The van der Waals surface area contributed by atoms with Gasteiger partial charge in [0, 0.05) is 18.2 Å². The number of nitrogens with one attached hydrogen (secondary N) is 2. The lowest BCUT2D eigenvalue weighted by atomic mass is 10.2. The van der Waals surface area contributed by atoms with Gasteiger partial charge in [0.1, 0.15) is 5.82 Å². The number of halogens is 3. The summed E-state index contributed by atoms with van der Waals surface area (Å²) in [7, 11) is -4.04. The quantitative estimate of drug-likeness (QED) is 0.805. The minimum absolute atomic E-state index is 0.205. The molecule has 0 spiro atoms. The Hall–Kier alpha value is -1.12. The Bertz CT molecular complexity index is 574. The Labute approximate surface area is 115 Å². The first-order valence-electron chi connectivity index (χ1n) is 6.18. The Morgan fingerprint density at radius 2 is 2.00 bits per heavy atom. The molecule has 0 aliphatic heterocycles. The molecule has 0 bridgehead atoms. The predicted octanol–water partition coefficient (Wildman–Crippen LogP) is 1.62. The highest BCUT2D eigenvalue weighted by Gasteiger charge is 2.22. The number of sulfonamides is 1. The normalized spacial score (nSPS) is 15.8. The molecule has 1 aliphatic carbocycles. The van der Waals surface area contributed by atoms with Gasteiger partial charge in [0.25, 0.3) is 6.43 Å². The van der Waals surface area contributed by atoms with Gasteiger partial charge < -0.3 is 5.32 Å². The number of hydrogen-bond donors (Lipinski definition) is 2. The van der Waals surface area contributed by atoms with Gasteiger partial charge in [-0.25, -0.2) is 26.3 Å². The summed E-state index contributed by atoms with van der Waals surface area (Å²) >= 11 is 0. The molecule has 1 aromatic rings. The van der Waals surface area contributed by atoms with Crippen molar-refractivity contribution in [3.63, 3.8) is 0 Å². The van der Waals surface area contributed by atoms with Crippen LogP contribution in [0.5, 0.6) is 0 Å². The second-order valence-corrected chi connectivity index (χ2v) is 6.42. The third-order valence-electron chi connectivity index (χ3n) is 2.91. The molecule has 20 heavy (non-hydrogen) atoms. The molecule has 0 saturated heterocycles. The van der Waals surface area contributed by atoms with E-state index in [9.17, 15) is 21.6 Å². The van der Waals surface area contributed by atoms with Gasteiger partial charge in [-0.1, -0.05) is 0 Å². The Morgan fingerprint density at radius 3 is 2.60 bits per heavy atom. The summed E-state index contributed by atoms with van der Waals surface area (Å²) in [5, 5.41) is 3.07. The number of rotatable bonds is 7. The van der Waals surface area contributed by atoms with E-state index < -0.39 is 28.8 Å². The molecule has 0 aromatic heterocycles. The molecule has 2 rings (SSSR count). The molecule has 1 aromatic carbocycles. The van der Waals surface area contributed by atoms with E-state index in [0.717, 1.165) is 25.0 Å². The second kappa shape index (κ2) is 6.11. The number of hydrogen-bond acceptors (Lipinski definition) is 3. The lowest BCUT2D eigenvalue weighted by molar-refractivity contribution is 0.153. The SMILES string of the molecule is O=S(=O)(NCC(F)F)c1ccc(F)c(CNC2CC2)c1. The van der Waals surface area contributed by atoms with Gasteiger partial charge in [0.2, 0.25) is 10.0 Å². The van der Waals surface area contributed by atoms with Crippen molar-refractivity contribution in [1.82, 2.24) is 10.0 Å². The third-order valence-corrected chi connectivity index (χ3v) is 4.33. The average Bonchev–Trinajstić information content (AvgIpc) is 3.19. The van der Waals surface area contributed by atoms with Crippen molar-refractivity contribution < 1.29 is 21.6 Å². The lowest BCUT2D eigenvalue weighted by Crippen LogP contribution is -2.29. The summed E-state index contributed by atoms with van der Waals surface area (Å²) < 4.78 is 63.0. The Balaban J connectivity index is 2.12. The molecule has 1 saturated carbocycles. The molecular formula is C12H15F3N2O2S. The van der Waals surface area contributed by atoms with Gasteiger partial charge in [-0.3, -0.25) is 0 Å². The summed E-state index contributed by atoms with van der Waals surface area (Å²) in [6.07, 6.45) is -0.730. The van der Waals surface area contributed by atoms with Crippen molar-refractivity contribution in [2.24, 2.45) is 0 Å². The van der Waals surface area contributed by atoms with Gasteiger partial charge in [0.05, 0.1) is 11.4 Å². The van der Waals surface area contributed by atoms with Crippen molar-refractivity contribution in [1.29, 1.82) is 0 Å². The van der Waals surface area contributed by atoms with Crippen LogP contribution in [0.4, 0.5) is 13.2 Å². The fourth-order valence-electron chi connectivity index (χ4n) is 1.65. The number of benzene rings is 1. The summed E-state index contributed by atoms with van der Waals surface area (Å²) in [6, 6.07) is 3.61. The zero-order chi connectivity index (χ0) is 14.8. The van der Waals surface area contributed by atoms with Gasteiger partial charge in [-0.15, -0.1) is 0 Å². The van der Waals surface area contributed by atoms with Gasteiger partial charge in [-0.2, -0.15) is 0 Å². The topological polar surface area (TPSA) is 58.2 Å². The largest absolute Gasteiger partial charge is 0.310 e. The highest BCUT2D eigenvalue weighted by atomic mass is 32.2. The van der Waals surface area contributed by atoms with Crippen molar-refractivity contribution in [3.8, 4) is 0 Å².